The van der Waals surface area contributed by atoms with E-state index >= 15 is 0 Å². The van der Waals surface area contributed by atoms with Gasteiger partial charge in [0.05, 0.1) is 5.25 Å². The van der Waals surface area contributed by atoms with E-state index in [1.807, 2.05) is 68.4 Å². The predicted molar refractivity (Wildman–Crippen MR) is 161 cm³/mol. The highest BCUT2D eigenvalue weighted by molar-refractivity contribution is 8.00. The minimum Gasteiger partial charge on any atom is -0.321 e. The van der Waals surface area contributed by atoms with Gasteiger partial charge in [-0.15, -0.1) is 11.8 Å². The van der Waals surface area contributed by atoms with Crippen LogP contribution in [0.5, 0.6) is 0 Å². The van der Waals surface area contributed by atoms with Crippen LogP contribution >= 0.6 is 11.8 Å². The van der Waals surface area contributed by atoms with E-state index in [-0.39, 0.29) is 22.8 Å². The van der Waals surface area contributed by atoms with Gasteiger partial charge in [0.15, 0.2) is 0 Å². The van der Waals surface area contributed by atoms with Crippen molar-refractivity contribution in [2.75, 3.05) is 10.6 Å². The summed E-state index contributed by atoms with van der Waals surface area (Å²) in [6.45, 7) is 3.92. The summed E-state index contributed by atoms with van der Waals surface area (Å²) in [6.07, 6.45) is 3.87. The van der Waals surface area contributed by atoms with E-state index in [1.165, 1.54) is 11.8 Å². The van der Waals surface area contributed by atoms with E-state index in [0.717, 1.165) is 16.0 Å². The Balaban J connectivity index is 1.50. The topological polar surface area (TPSA) is 100 Å². The van der Waals surface area contributed by atoms with Crippen molar-refractivity contribution in [3.8, 4) is 0 Å². The lowest BCUT2D eigenvalue weighted by molar-refractivity contribution is -0.116. The summed E-state index contributed by atoms with van der Waals surface area (Å²) >= 11 is 1.40. The first kappa shape index (κ1) is 28.3. The molecule has 0 saturated heterocycles. The molecule has 1 atom stereocenters. The number of amides is 3. The number of carbonyl (C=O) groups is 3. The summed E-state index contributed by atoms with van der Waals surface area (Å²) < 4.78 is 0. The average molecular weight is 551 g/mol. The molecule has 7 nitrogen and oxygen atoms in total. The fourth-order valence-electron chi connectivity index (χ4n) is 3.75. The third-order valence-corrected chi connectivity index (χ3v) is 7.22. The standard InChI is InChI=1S/C32H30N4O3S/c1-3-28(32(39)36-29-14-7-8-19-33-29)40-26-13-9-12-25(21-26)34-31(38)27(20-23-17-15-22(2)16-18-23)35-30(37)24-10-5-4-6-11-24/h4-21,28H,3H2,1-2H3,(H,34,38)(H,35,37)(H,33,36,39)/b27-20-. The van der Waals surface area contributed by atoms with Crippen molar-refractivity contribution >= 4 is 47.1 Å². The maximum atomic E-state index is 13.4. The number of hydrogen-bond donors (Lipinski definition) is 3. The fraction of sp³-hybridized carbons (Fsp3) is 0.125. The first-order valence-electron chi connectivity index (χ1n) is 12.9. The lowest BCUT2D eigenvalue weighted by Crippen LogP contribution is -2.30. The van der Waals surface area contributed by atoms with Crippen LogP contribution in [0.3, 0.4) is 0 Å². The van der Waals surface area contributed by atoms with Gasteiger partial charge >= 0.3 is 0 Å². The Labute approximate surface area is 238 Å². The Hall–Kier alpha value is -4.69. The van der Waals surface area contributed by atoms with Crippen LogP contribution in [-0.4, -0.2) is 28.0 Å². The molecule has 202 valence electrons. The smallest absolute Gasteiger partial charge is 0.272 e. The summed E-state index contributed by atoms with van der Waals surface area (Å²) in [6, 6.07) is 29.0. The Morgan fingerprint density at radius 1 is 0.875 bits per heavy atom. The van der Waals surface area contributed by atoms with E-state index in [1.54, 1.807) is 54.7 Å². The molecular formula is C32H30N4O3S. The second-order valence-corrected chi connectivity index (χ2v) is 10.3. The first-order valence-corrected chi connectivity index (χ1v) is 13.7. The first-order chi connectivity index (χ1) is 19.4. The number of aromatic nitrogens is 1. The van der Waals surface area contributed by atoms with Crippen LogP contribution in [-0.2, 0) is 9.59 Å². The second kappa shape index (κ2) is 13.9. The van der Waals surface area contributed by atoms with E-state index in [9.17, 15) is 14.4 Å². The number of benzene rings is 3. The molecule has 1 unspecified atom stereocenters. The van der Waals surface area contributed by atoms with Crippen LogP contribution in [0, 0.1) is 6.92 Å². The van der Waals surface area contributed by atoms with E-state index in [2.05, 4.69) is 20.9 Å². The molecule has 0 radical (unpaired) electrons. The second-order valence-electron chi connectivity index (χ2n) is 8.99. The zero-order valence-corrected chi connectivity index (χ0v) is 23.1. The Kier molecular flexibility index (Phi) is 9.85. The van der Waals surface area contributed by atoms with Gasteiger partial charge in [0.25, 0.3) is 11.8 Å². The minimum atomic E-state index is -0.466. The van der Waals surface area contributed by atoms with Crippen molar-refractivity contribution in [1.82, 2.24) is 10.3 Å². The average Bonchev–Trinajstić information content (AvgIpc) is 2.97. The van der Waals surface area contributed by atoms with Gasteiger partial charge in [0, 0.05) is 22.3 Å². The fourth-order valence-corrected chi connectivity index (χ4v) is 4.76. The Morgan fingerprint density at radius 3 is 2.33 bits per heavy atom. The molecule has 4 aromatic rings. The van der Waals surface area contributed by atoms with Crippen molar-refractivity contribution in [3.05, 3.63) is 126 Å². The summed E-state index contributed by atoms with van der Waals surface area (Å²) in [7, 11) is 0. The molecule has 40 heavy (non-hydrogen) atoms. The lowest BCUT2D eigenvalue weighted by atomic mass is 10.1. The maximum absolute atomic E-state index is 13.4. The molecule has 3 amide bonds. The van der Waals surface area contributed by atoms with E-state index < -0.39 is 5.91 Å². The number of aryl methyl sites for hydroxylation is 1. The van der Waals surface area contributed by atoms with Crippen molar-refractivity contribution in [2.45, 2.75) is 30.4 Å². The number of carbonyl (C=O) groups excluding carboxylic acids is 3. The third-order valence-electron chi connectivity index (χ3n) is 5.87. The molecule has 0 fully saturated rings. The normalized spacial score (nSPS) is 11.8. The molecular weight excluding hydrogens is 520 g/mol. The van der Waals surface area contributed by atoms with Gasteiger partial charge in [0.1, 0.15) is 11.5 Å². The molecule has 3 aromatic carbocycles. The molecule has 0 saturated carbocycles. The van der Waals surface area contributed by atoms with E-state index in [0.29, 0.717) is 23.5 Å². The molecule has 8 heteroatoms. The molecule has 0 aliphatic carbocycles. The van der Waals surface area contributed by atoms with Crippen LogP contribution in [0.4, 0.5) is 11.5 Å². The number of rotatable bonds is 10. The minimum absolute atomic E-state index is 0.108. The van der Waals surface area contributed by atoms with Gasteiger partial charge in [-0.2, -0.15) is 0 Å². The van der Waals surface area contributed by atoms with Gasteiger partial charge < -0.3 is 16.0 Å². The quantitative estimate of drug-likeness (QED) is 0.159. The monoisotopic (exact) mass is 550 g/mol. The number of nitrogens with one attached hydrogen (secondary N) is 3. The molecule has 1 heterocycles. The van der Waals surface area contributed by atoms with Gasteiger partial charge in [-0.25, -0.2) is 4.98 Å². The highest BCUT2D eigenvalue weighted by Gasteiger charge is 2.19. The molecule has 1 aromatic heterocycles. The van der Waals surface area contributed by atoms with Gasteiger partial charge in [-0.3, -0.25) is 14.4 Å². The number of nitrogens with zero attached hydrogens (tertiary/aromatic N) is 1. The highest BCUT2D eigenvalue weighted by atomic mass is 32.2. The predicted octanol–water partition coefficient (Wildman–Crippen LogP) is 6.31. The lowest BCUT2D eigenvalue weighted by Gasteiger charge is -2.15. The van der Waals surface area contributed by atoms with Crippen molar-refractivity contribution < 1.29 is 14.4 Å². The van der Waals surface area contributed by atoms with Crippen molar-refractivity contribution in [3.63, 3.8) is 0 Å². The molecule has 0 bridgehead atoms. The summed E-state index contributed by atoms with van der Waals surface area (Å²) in [5, 5.41) is 8.14. The van der Waals surface area contributed by atoms with Gasteiger partial charge in [-0.1, -0.05) is 67.1 Å². The molecule has 0 aliphatic rings. The Bertz CT molecular complexity index is 1490. The number of thioether (sulfide) groups is 1. The molecule has 3 N–H and O–H groups in total. The van der Waals surface area contributed by atoms with Crippen LogP contribution in [0.25, 0.3) is 6.08 Å². The van der Waals surface area contributed by atoms with Crippen LogP contribution < -0.4 is 16.0 Å². The largest absolute Gasteiger partial charge is 0.321 e. The Morgan fingerprint density at radius 2 is 1.62 bits per heavy atom. The van der Waals surface area contributed by atoms with E-state index in [4.69, 9.17) is 0 Å². The third kappa shape index (κ3) is 8.15. The van der Waals surface area contributed by atoms with Crippen molar-refractivity contribution in [1.29, 1.82) is 0 Å². The summed E-state index contributed by atoms with van der Waals surface area (Å²) in [5.74, 6) is -0.499. The van der Waals surface area contributed by atoms with Crippen LogP contribution in [0.1, 0.15) is 34.8 Å². The zero-order chi connectivity index (χ0) is 28.3. The zero-order valence-electron chi connectivity index (χ0n) is 22.3. The van der Waals surface area contributed by atoms with Crippen molar-refractivity contribution in [2.24, 2.45) is 0 Å². The van der Waals surface area contributed by atoms with Gasteiger partial charge in [0.2, 0.25) is 5.91 Å². The van der Waals surface area contributed by atoms with Crippen LogP contribution in [0.15, 0.2) is 114 Å². The number of hydrogen-bond acceptors (Lipinski definition) is 5. The number of pyridine rings is 1. The molecule has 0 aliphatic heterocycles. The SMILES string of the molecule is CCC(Sc1cccc(NC(=O)/C(=C/c2ccc(C)cc2)NC(=O)c2ccccc2)c1)C(=O)Nc1ccccn1. The summed E-state index contributed by atoms with van der Waals surface area (Å²) in [4.78, 5) is 44.1. The van der Waals surface area contributed by atoms with Crippen LogP contribution in [0.2, 0.25) is 0 Å². The molecule has 0 spiro atoms. The van der Waals surface area contributed by atoms with Gasteiger partial charge in [-0.05, 0) is 67.4 Å². The summed E-state index contributed by atoms with van der Waals surface area (Å²) in [5.41, 5.74) is 2.96. The maximum Gasteiger partial charge on any atom is 0.272 e. The highest BCUT2D eigenvalue weighted by Crippen LogP contribution is 2.28. The number of anilines is 2. The molecule has 4 rings (SSSR count).